The van der Waals surface area contributed by atoms with Crippen LogP contribution in [0.15, 0.2) is 36.5 Å². The van der Waals surface area contributed by atoms with Crippen LogP contribution < -0.4 is 11.1 Å². The number of nitrogen functional groups attached to an aromatic ring is 1. The molecule has 144 valence electrons. The molecule has 3 aromatic rings. The number of ether oxygens (including phenoxy) is 1. The molecule has 1 unspecified atom stereocenters. The topological polar surface area (TPSA) is 112 Å². The minimum Gasteiger partial charge on any atom is -0.397 e. The van der Waals surface area contributed by atoms with E-state index < -0.39 is 5.91 Å². The van der Waals surface area contributed by atoms with Gasteiger partial charge in [-0.2, -0.15) is 5.10 Å². The van der Waals surface area contributed by atoms with Crippen LogP contribution in [-0.4, -0.2) is 39.7 Å². The van der Waals surface area contributed by atoms with Crippen molar-refractivity contribution in [2.75, 3.05) is 24.3 Å². The zero-order valence-electron chi connectivity index (χ0n) is 15.5. The number of carbonyl (C=O) groups excluding carboxylic acids is 2. The Morgan fingerprint density at radius 3 is 2.93 bits per heavy atom. The van der Waals surface area contributed by atoms with Gasteiger partial charge in [0, 0.05) is 44.0 Å². The maximum absolute atomic E-state index is 12.7. The molecule has 1 aromatic carbocycles. The molecule has 8 nitrogen and oxygen atoms in total. The number of aryl methyl sites for hydroxylation is 1. The third-order valence-corrected chi connectivity index (χ3v) is 4.93. The molecule has 4 rings (SSSR count). The lowest BCUT2D eigenvalue weighted by atomic mass is 9.99. The van der Waals surface area contributed by atoms with Gasteiger partial charge in [-0.25, -0.2) is 4.98 Å². The molecular formula is C20H21N5O3. The van der Waals surface area contributed by atoms with Crippen molar-refractivity contribution in [2.45, 2.75) is 12.8 Å². The summed E-state index contributed by atoms with van der Waals surface area (Å²) in [4.78, 5) is 29.1. The Hall–Kier alpha value is -3.26. The third kappa shape index (κ3) is 3.46. The van der Waals surface area contributed by atoms with Crippen molar-refractivity contribution in [1.29, 1.82) is 0 Å². The molecule has 1 fully saturated rings. The van der Waals surface area contributed by atoms with Crippen LogP contribution in [-0.2, 0) is 11.8 Å². The number of amides is 1. The van der Waals surface area contributed by atoms with Crippen LogP contribution in [0.25, 0.3) is 10.9 Å². The van der Waals surface area contributed by atoms with Crippen LogP contribution in [0.5, 0.6) is 0 Å². The summed E-state index contributed by atoms with van der Waals surface area (Å²) in [6.45, 7) is 1.34. The number of rotatable bonds is 5. The van der Waals surface area contributed by atoms with Gasteiger partial charge in [0.2, 0.25) is 0 Å². The third-order valence-electron chi connectivity index (χ3n) is 4.93. The Kier molecular flexibility index (Phi) is 4.79. The molecule has 0 saturated carbocycles. The molecule has 2 aromatic heterocycles. The fourth-order valence-electron chi connectivity index (χ4n) is 3.44. The molecule has 1 aliphatic heterocycles. The van der Waals surface area contributed by atoms with Gasteiger partial charge in [-0.15, -0.1) is 0 Å². The number of carbonyl (C=O) groups is 2. The predicted molar refractivity (Wildman–Crippen MR) is 105 cm³/mol. The number of aromatic nitrogens is 3. The molecule has 3 heterocycles. The fraction of sp³-hybridized carbons (Fsp3) is 0.300. The first-order valence-corrected chi connectivity index (χ1v) is 9.12. The normalized spacial score (nSPS) is 16.4. The van der Waals surface area contributed by atoms with Crippen LogP contribution in [0.4, 0.5) is 11.4 Å². The number of hydrogen-bond donors (Lipinski definition) is 2. The molecule has 1 amide bonds. The standard InChI is InChI=1S/C20H21N5O3/c1-25-16-10-13(23-20(27)19-15(21)3-2-7-22-19)4-5-14(16)18(24-25)17(26)9-12-6-8-28-11-12/h2-5,7,10,12H,6,8-9,11,21H2,1H3,(H,23,27). The number of nitrogens with two attached hydrogens (primary N) is 1. The van der Waals surface area contributed by atoms with Gasteiger partial charge in [0.15, 0.2) is 11.5 Å². The summed E-state index contributed by atoms with van der Waals surface area (Å²) in [7, 11) is 1.78. The fourth-order valence-corrected chi connectivity index (χ4v) is 3.44. The molecule has 1 saturated heterocycles. The smallest absolute Gasteiger partial charge is 0.276 e. The Labute approximate surface area is 161 Å². The average Bonchev–Trinajstić information content (AvgIpc) is 3.30. The SMILES string of the molecule is Cn1nc(C(=O)CC2CCOC2)c2ccc(NC(=O)c3ncccc3N)cc21. The van der Waals surface area contributed by atoms with Crippen molar-refractivity contribution in [3.05, 3.63) is 47.9 Å². The molecule has 3 N–H and O–H groups in total. The van der Waals surface area contributed by atoms with Crippen molar-refractivity contribution in [3.8, 4) is 0 Å². The Morgan fingerprint density at radius 1 is 1.32 bits per heavy atom. The number of hydrogen-bond acceptors (Lipinski definition) is 6. The van der Waals surface area contributed by atoms with Crippen molar-refractivity contribution in [3.63, 3.8) is 0 Å². The first kappa shape index (κ1) is 18.1. The van der Waals surface area contributed by atoms with Crippen LogP contribution in [0, 0.1) is 5.92 Å². The lowest BCUT2D eigenvalue weighted by Gasteiger charge is -2.07. The lowest BCUT2D eigenvalue weighted by molar-refractivity contribution is 0.0948. The van der Waals surface area contributed by atoms with Gasteiger partial charge in [0.05, 0.1) is 11.2 Å². The van der Waals surface area contributed by atoms with E-state index in [9.17, 15) is 9.59 Å². The summed E-state index contributed by atoms with van der Waals surface area (Å²) >= 11 is 0. The molecule has 1 aliphatic rings. The van der Waals surface area contributed by atoms with Crippen LogP contribution in [0.2, 0.25) is 0 Å². The number of benzene rings is 1. The summed E-state index contributed by atoms with van der Waals surface area (Å²) in [5, 5.41) is 7.96. The zero-order valence-corrected chi connectivity index (χ0v) is 15.5. The average molecular weight is 379 g/mol. The number of nitrogens with one attached hydrogen (secondary N) is 1. The summed E-state index contributed by atoms with van der Waals surface area (Å²) in [5.74, 6) is -0.122. The minimum atomic E-state index is -0.392. The quantitative estimate of drug-likeness (QED) is 0.659. The molecule has 0 spiro atoms. The van der Waals surface area contributed by atoms with E-state index in [1.54, 1.807) is 42.1 Å². The Morgan fingerprint density at radius 2 is 2.18 bits per heavy atom. The van der Waals surface area contributed by atoms with E-state index >= 15 is 0 Å². The van der Waals surface area contributed by atoms with Crippen LogP contribution in [0.1, 0.15) is 33.8 Å². The molecule has 0 bridgehead atoms. The number of anilines is 2. The monoisotopic (exact) mass is 379 g/mol. The van der Waals surface area contributed by atoms with E-state index in [4.69, 9.17) is 10.5 Å². The van der Waals surface area contributed by atoms with Gasteiger partial charge in [-0.05, 0) is 42.7 Å². The highest BCUT2D eigenvalue weighted by Gasteiger charge is 2.23. The summed E-state index contributed by atoms with van der Waals surface area (Å²) in [5.41, 5.74) is 8.08. The van der Waals surface area contributed by atoms with E-state index in [0.717, 1.165) is 17.3 Å². The number of nitrogens with zero attached hydrogens (tertiary/aromatic N) is 3. The zero-order chi connectivity index (χ0) is 19.7. The molecule has 1 atom stereocenters. The maximum atomic E-state index is 12.7. The summed E-state index contributed by atoms with van der Waals surface area (Å²) in [6, 6.07) is 8.63. The van der Waals surface area contributed by atoms with E-state index in [2.05, 4.69) is 15.4 Å². The van der Waals surface area contributed by atoms with Gasteiger partial charge >= 0.3 is 0 Å². The van der Waals surface area contributed by atoms with E-state index in [1.165, 1.54) is 6.20 Å². The second-order valence-corrected chi connectivity index (χ2v) is 6.96. The largest absolute Gasteiger partial charge is 0.397 e. The van der Waals surface area contributed by atoms with Crippen LogP contribution in [0.3, 0.4) is 0 Å². The lowest BCUT2D eigenvalue weighted by Crippen LogP contribution is -2.15. The highest BCUT2D eigenvalue weighted by atomic mass is 16.5. The number of pyridine rings is 1. The number of fused-ring (bicyclic) bond motifs is 1. The predicted octanol–water partition coefficient (Wildman–Crippen LogP) is 2.41. The Balaban J connectivity index is 1.58. The summed E-state index contributed by atoms with van der Waals surface area (Å²) in [6.07, 6.45) is 2.86. The molecule has 0 aliphatic carbocycles. The van der Waals surface area contributed by atoms with E-state index in [-0.39, 0.29) is 17.4 Å². The van der Waals surface area contributed by atoms with Gasteiger partial charge in [0.25, 0.3) is 5.91 Å². The molecule has 0 radical (unpaired) electrons. The first-order valence-electron chi connectivity index (χ1n) is 9.12. The van der Waals surface area contributed by atoms with Gasteiger partial charge < -0.3 is 15.8 Å². The highest BCUT2D eigenvalue weighted by Crippen LogP contribution is 2.26. The van der Waals surface area contributed by atoms with Crippen molar-refractivity contribution < 1.29 is 14.3 Å². The second-order valence-electron chi connectivity index (χ2n) is 6.96. The van der Waals surface area contributed by atoms with Gasteiger partial charge in [-0.1, -0.05) is 0 Å². The van der Waals surface area contributed by atoms with Crippen molar-refractivity contribution in [2.24, 2.45) is 13.0 Å². The number of ketones is 1. The van der Waals surface area contributed by atoms with Crippen molar-refractivity contribution in [1.82, 2.24) is 14.8 Å². The van der Waals surface area contributed by atoms with Gasteiger partial charge in [-0.3, -0.25) is 14.3 Å². The maximum Gasteiger partial charge on any atom is 0.276 e. The van der Waals surface area contributed by atoms with Crippen LogP contribution >= 0.6 is 0 Å². The van der Waals surface area contributed by atoms with Gasteiger partial charge in [0.1, 0.15) is 5.69 Å². The highest BCUT2D eigenvalue weighted by molar-refractivity contribution is 6.09. The first-order chi connectivity index (χ1) is 13.5. The molecule has 8 heteroatoms. The second kappa shape index (κ2) is 7.40. The molecule has 28 heavy (non-hydrogen) atoms. The number of Topliss-reactive ketones (excluding diaryl/α,β-unsaturated/α-hetero) is 1. The van der Waals surface area contributed by atoms with E-state index in [0.29, 0.717) is 36.7 Å². The summed E-state index contributed by atoms with van der Waals surface area (Å²) < 4.78 is 7.00. The minimum absolute atomic E-state index is 0.0131. The molecular weight excluding hydrogens is 358 g/mol. The van der Waals surface area contributed by atoms with Crippen molar-refractivity contribution >= 4 is 34.0 Å². The van der Waals surface area contributed by atoms with E-state index in [1.807, 2.05) is 0 Å². The Bertz CT molecular complexity index is 1050.